The number of hydrogen-bond acceptors (Lipinski definition) is 1. The second-order valence-corrected chi connectivity index (χ2v) is 1.92. The molecular formula is C9H12N2S. The molecule has 2 nitrogen and oxygen atoms in total. The predicted octanol–water partition coefficient (Wildman–Crippen LogP) is 2.21. The number of nitrogens with one attached hydrogen (secondary N) is 1. The van der Waals surface area contributed by atoms with Gasteiger partial charge in [0.25, 0.3) is 0 Å². The average molecular weight is 180 g/mol. The Bertz CT molecular complexity index is 198. The first-order valence-electron chi connectivity index (χ1n) is 3.43. The first-order chi connectivity index (χ1) is 5.50. The topological polar surface area (TPSA) is 28.7 Å². The fourth-order valence-electron chi connectivity index (χ4n) is 0.600. The summed E-state index contributed by atoms with van der Waals surface area (Å²) in [5, 5.41) is 0. The Morgan fingerprint density at radius 1 is 0.833 bits per heavy atom. The van der Waals surface area contributed by atoms with Crippen molar-refractivity contribution >= 4 is 13.5 Å². The van der Waals surface area contributed by atoms with Crippen molar-refractivity contribution in [3.8, 4) is 0 Å². The van der Waals surface area contributed by atoms with Crippen LogP contribution in [0.4, 0.5) is 0 Å². The van der Waals surface area contributed by atoms with Gasteiger partial charge in [0.2, 0.25) is 0 Å². The molecule has 0 aliphatic rings. The molecule has 0 aliphatic carbocycles. The maximum atomic E-state index is 3.67. The van der Waals surface area contributed by atoms with Gasteiger partial charge in [-0.3, -0.25) is 0 Å². The van der Waals surface area contributed by atoms with Crippen molar-refractivity contribution in [2.75, 3.05) is 0 Å². The fraction of sp³-hybridized carbons (Fsp3) is 0. The molecule has 0 amide bonds. The van der Waals surface area contributed by atoms with Gasteiger partial charge in [0.1, 0.15) is 0 Å². The molecule has 2 rings (SSSR count). The molecule has 0 saturated carbocycles. The van der Waals surface area contributed by atoms with Crippen LogP contribution in [0.3, 0.4) is 0 Å². The second kappa shape index (κ2) is 7.88. The summed E-state index contributed by atoms with van der Waals surface area (Å²) in [7, 11) is 0. The van der Waals surface area contributed by atoms with Gasteiger partial charge >= 0.3 is 0 Å². The van der Waals surface area contributed by atoms with Crippen molar-refractivity contribution in [3.05, 3.63) is 55.1 Å². The maximum Gasteiger partial charge on any atom is 0.0919 e. The van der Waals surface area contributed by atoms with Crippen LogP contribution in [0.1, 0.15) is 0 Å². The Balaban J connectivity index is 0.000000189. The lowest BCUT2D eigenvalue weighted by atomic mass is 10.4. The fourth-order valence-corrected chi connectivity index (χ4v) is 0.600. The number of aromatic amines is 1. The molecule has 0 spiro atoms. The van der Waals surface area contributed by atoms with Gasteiger partial charge in [0, 0.05) is 12.4 Å². The number of hydrogen-bond donors (Lipinski definition) is 1. The van der Waals surface area contributed by atoms with E-state index >= 15 is 0 Å². The summed E-state index contributed by atoms with van der Waals surface area (Å²) in [6.45, 7) is 0. The van der Waals surface area contributed by atoms with Gasteiger partial charge in [-0.25, -0.2) is 4.98 Å². The van der Waals surface area contributed by atoms with Crippen LogP contribution in [0.5, 0.6) is 0 Å². The Morgan fingerprint density at radius 3 is 1.50 bits per heavy atom. The van der Waals surface area contributed by atoms with E-state index < -0.39 is 0 Å². The Hall–Kier alpha value is -1.22. The van der Waals surface area contributed by atoms with Crippen LogP contribution in [0.15, 0.2) is 55.1 Å². The van der Waals surface area contributed by atoms with Crippen molar-refractivity contribution in [1.29, 1.82) is 0 Å². The molecule has 1 aromatic heterocycles. The second-order valence-electron chi connectivity index (χ2n) is 1.92. The number of H-pyrrole nitrogens is 1. The monoisotopic (exact) mass is 180 g/mol. The lowest BCUT2D eigenvalue weighted by Gasteiger charge is -1.69. The summed E-state index contributed by atoms with van der Waals surface area (Å²) < 4.78 is 0. The van der Waals surface area contributed by atoms with E-state index in [0.717, 1.165) is 0 Å². The third-order valence-electron chi connectivity index (χ3n) is 1.07. The van der Waals surface area contributed by atoms with Gasteiger partial charge in [-0.1, -0.05) is 36.4 Å². The maximum absolute atomic E-state index is 3.67. The predicted molar refractivity (Wildman–Crippen MR) is 55.4 cm³/mol. The summed E-state index contributed by atoms with van der Waals surface area (Å²) in [6, 6.07) is 12.0. The SMILES string of the molecule is S.c1c[nH]cn1.c1ccccc1. The minimum Gasteiger partial charge on any atom is -0.351 e. The summed E-state index contributed by atoms with van der Waals surface area (Å²) in [4.78, 5) is 6.42. The highest BCUT2D eigenvalue weighted by Gasteiger charge is 1.58. The molecule has 0 fully saturated rings. The first kappa shape index (κ1) is 10.8. The number of imidazole rings is 1. The summed E-state index contributed by atoms with van der Waals surface area (Å²) in [5.74, 6) is 0. The molecule has 0 unspecified atom stereocenters. The molecule has 0 saturated heterocycles. The lowest BCUT2D eigenvalue weighted by Crippen LogP contribution is -1.47. The van der Waals surface area contributed by atoms with Crippen molar-refractivity contribution in [2.45, 2.75) is 0 Å². The molecule has 0 radical (unpaired) electrons. The van der Waals surface area contributed by atoms with Crippen LogP contribution in [0.2, 0.25) is 0 Å². The molecular weight excluding hydrogens is 168 g/mol. The average Bonchev–Trinajstić information content (AvgIpc) is 2.64. The highest BCUT2D eigenvalue weighted by molar-refractivity contribution is 7.59. The van der Waals surface area contributed by atoms with Crippen LogP contribution < -0.4 is 0 Å². The van der Waals surface area contributed by atoms with Crippen molar-refractivity contribution in [3.63, 3.8) is 0 Å². The minimum absolute atomic E-state index is 0. The smallest absolute Gasteiger partial charge is 0.0919 e. The normalized spacial score (nSPS) is 7.33. The highest BCUT2D eigenvalue weighted by Crippen LogP contribution is 1.79. The number of benzene rings is 1. The van der Waals surface area contributed by atoms with Gasteiger partial charge < -0.3 is 4.98 Å². The molecule has 0 bridgehead atoms. The molecule has 64 valence electrons. The van der Waals surface area contributed by atoms with Crippen molar-refractivity contribution < 1.29 is 0 Å². The number of nitrogens with zero attached hydrogens (tertiary/aromatic N) is 1. The minimum atomic E-state index is 0. The highest BCUT2D eigenvalue weighted by atomic mass is 32.1. The summed E-state index contributed by atoms with van der Waals surface area (Å²) >= 11 is 0. The van der Waals surface area contributed by atoms with Crippen LogP contribution >= 0.6 is 13.5 Å². The van der Waals surface area contributed by atoms with Gasteiger partial charge in [0.05, 0.1) is 6.33 Å². The third-order valence-corrected chi connectivity index (χ3v) is 1.07. The zero-order valence-electron chi connectivity index (χ0n) is 6.64. The summed E-state index contributed by atoms with van der Waals surface area (Å²) in [5.41, 5.74) is 0. The Labute approximate surface area is 79.1 Å². The molecule has 0 atom stereocenters. The van der Waals surface area contributed by atoms with Crippen LogP contribution in [-0.4, -0.2) is 9.97 Å². The van der Waals surface area contributed by atoms with E-state index in [2.05, 4.69) is 9.97 Å². The standard InChI is InChI=1S/C6H6.C3H4N2.H2S/c1-2-4-6-5-3-1;1-2-5-3-4-1;/h1-6H;1-3H,(H,4,5);1H2. The van der Waals surface area contributed by atoms with E-state index in [4.69, 9.17) is 0 Å². The van der Waals surface area contributed by atoms with Gasteiger partial charge in [-0.05, 0) is 0 Å². The Morgan fingerprint density at radius 2 is 1.33 bits per heavy atom. The van der Waals surface area contributed by atoms with E-state index in [1.807, 2.05) is 36.4 Å². The lowest BCUT2D eigenvalue weighted by molar-refractivity contribution is 1.31. The van der Waals surface area contributed by atoms with Crippen LogP contribution in [-0.2, 0) is 0 Å². The molecule has 0 aliphatic heterocycles. The van der Waals surface area contributed by atoms with E-state index in [-0.39, 0.29) is 13.5 Å². The zero-order chi connectivity index (χ0) is 7.78. The van der Waals surface area contributed by atoms with E-state index in [9.17, 15) is 0 Å². The van der Waals surface area contributed by atoms with Crippen LogP contribution in [0, 0.1) is 0 Å². The molecule has 12 heavy (non-hydrogen) atoms. The molecule has 1 aromatic carbocycles. The van der Waals surface area contributed by atoms with Crippen molar-refractivity contribution in [1.82, 2.24) is 9.97 Å². The van der Waals surface area contributed by atoms with Crippen molar-refractivity contribution in [2.24, 2.45) is 0 Å². The number of rotatable bonds is 0. The molecule has 3 heteroatoms. The van der Waals surface area contributed by atoms with E-state index in [1.54, 1.807) is 18.7 Å². The van der Waals surface area contributed by atoms with Gasteiger partial charge in [-0.2, -0.15) is 13.5 Å². The van der Waals surface area contributed by atoms with E-state index in [1.165, 1.54) is 0 Å². The quantitative estimate of drug-likeness (QED) is 0.661. The largest absolute Gasteiger partial charge is 0.351 e. The zero-order valence-corrected chi connectivity index (χ0v) is 7.64. The third kappa shape index (κ3) is 5.56. The van der Waals surface area contributed by atoms with E-state index in [0.29, 0.717) is 0 Å². The Kier molecular flexibility index (Phi) is 7.08. The van der Waals surface area contributed by atoms with Gasteiger partial charge in [-0.15, -0.1) is 0 Å². The van der Waals surface area contributed by atoms with Gasteiger partial charge in [0.15, 0.2) is 0 Å². The van der Waals surface area contributed by atoms with Crippen LogP contribution in [0.25, 0.3) is 0 Å². The molecule has 2 aromatic rings. The summed E-state index contributed by atoms with van der Waals surface area (Å²) in [6.07, 6.45) is 5.08. The molecule has 1 heterocycles. The first-order valence-corrected chi connectivity index (χ1v) is 3.43. The number of aromatic nitrogens is 2. The molecule has 1 N–H and O–H groups in total.